The summed E-state index contributed by atoms with van der Waals surface area (Å²) in [5.74, 6) is 0.668. The molecule has 0 heterocycles. The van der Waals surface area contributed by atoms with E-state index >= 15 is 0 Å². The number of hydrogen-bond acceptors (Lipinski definition) is 3. The van der Waals surface area contributed by atoms with Crippen LogP contribution in [0.3, 0.4) is 0 Å². The third-order valence-corrected chi connectivity index (χ3v) is 5.33. The van der Waals surface area contributed by atoms with E-state index in [1.165, 1.54) is 16.7 Å². The Morgan fingerprint density at radius 3 is 2.36 bits per heavy atom. The van der Waals surface area contributed by atoms with E-state index < -0.39 is 0 Å². The van der Waals surface area contributed by atoms with Crippen LogP contribution < -0.4 is 11.1 Å². The van der Waals surface area contributed by atoms with Crippen LogP contribution in [0.4, 0.5) is 0 Å². The van der Waals surface area contributed by atoms with Crippen molar-refractivity contribution in [2.75, 3.05) is 7.05 Å². The highest BCUT2D eigenvalue weighted by atomic mass is 14.9. The molecule has 2 aromatic rings. The van der Waals surface area contributed by atoms with E-state index in [9.17, 15) is 0 Å². The van der Waals surface area contributed by atoms with E-state index in [-0.39, 0.29) is 12.0 Å². The zero-order valence-corrected chi connectivity index (χ0v) is 17.1. The minimum Gasteiger partial charge on any atom is -0.402 e. The van der Waals surface area contributed by atoms with Crippen molar-refractivity contribution in [2.24, 2.45) is 22.6 Å². The molecule has 146 valence electrons. The maximum absolute atomic E-state index is 6.19. The molecule has 0 amide bonds. The Bertz CT molecular complexity index is 850. The summed E-state index contributed by atoms with van der Waals surface area (Å²) in [5, 5.41) is 3.51. The standard InChI is InChI=1S/C25H31N3/c1-18-14-22(16-23(26)15-18)24(27-3)19(2)25(21-12-8-5-9-13-21)28-17-20-10-6-4-7-11-20/h4-14,16,18-19,24,27H,15,17,26H2,1-3H3/t18-,19?,24?/m1/s1. The lowest BCUT2D eigenvalue weighted by atomic mass is 9.83. The highest BCUT2D eigenvalue weighted by Crippen LogP contribution is 2.27. The van der Waals surface area contributed by atoms with Gasteiger partial charge in [0, 0.05) is 23.4 Å². The molecule has 0 aliphatic heterocycles. The summed E-state index contributed by atoms with van der Waals surface area (Å²) < 4.78 is 0. The first-order valence-corrected chi connectivity index (χ1v) is 10.1. The zero-order chi connectivity index (χ0) is 19.9. The van der Waals surface area contributed by atoms with Gasteiger partial charge in [-0.1, -0.05) is 80.6 Å². The number of hydrogen-bond donors (Lipinski definition) is 2. The number of nitrogens with one attached hydrogen (secondary N) is 1. The average molecular weight is 374 g/mol. The van der Waals surface area contributed by atoms with Gasteiger partial charge in [0.1, 0.15) is 0 Å². The van der Waals surface area contributed by atoms with Crippen LogP contribution in [0.1, 0.15) is 31.4 Å². The number of allylic oxidation sites excluding steroid dienone is 2. The van der Waals surface area contributed by atoms with Crippen LogP contribution in [0.15, 0.2) is 89.1 Å². The van der Waals surface area contributed by atoms with Crippen molar-refractivity contribution in [1.29, 1.82) is 0 Å². The van der Waals surface area contributed by atoms with E-state index in [4.69, 9.17) is 10.7 Å². The second-order valence-corrected chi connectivity index (χ2v) is 7.68. The zero-order valence-electron chi connectivity index (χ0n) is 17.1. The van der Waals surface area contributed by atoms with E-state index in [1.54, 1.807) is 0 Å². The second kappa shape index (κ2) is 9.52. The minimum absolute atomic E-state index is 0.163. The van der Waals surface area contributed by atoms with Gasteiger partial charge >= 0.3 is 0 Å². The molecule has 0 bridgehead atoms. The summed E-state index contributed by atoms with van der Waals surface area (Å²) in [6, 6.07) is 21.1. The highest BCUT2D eigenvalue weighted by Gasteiger charge is 2.26. The van der Waals surface area contributed by atoms with Crippen molar-refractivity contribution >= 4 is 5.71 Å². The number of rotatable bonds is 7. The topological polar surface area (TPSA) is 50.4 Å². The monoisotopic (exact) mass is 373 g/mol. The minimum atomic E-state index is 0.163. The molecule has 3 nitrogen and oxygen atoms in total. The predicted molar refractivity (Wildman–Crippen MR) is 119 cm³/mol. The number of aliphatic imine (C=N–C) groups is 1. The van der Waals surface area contributed by atoms with Crippen LogP contribution in [0.5, 0.6) is 0 Å². The largest absolute Gasteiger partial charge is 0.402 e. The maximum atomic E-state index is 6.19. The highest BCUT2D eigenvalue weighted by molar-refractivity contribution is 6.02. The maximum Gasteiger partial charge on any atom is 0.0643 e. The average Bonchev–Trinajstić information content (AvgIpc) is 2.70. The van der Waals surface area contributed by atoms with Crippen molar-refractivity contribution in [3.63, 3.8) is 0 Å². The molecule has 2 aromatic carbocycles. The first kappa shape index (κ1) is 20.1. The Kier molecular flexibility index (Phi) is 6.83. The van der Waals surface area contributed by atoms with Gasteiger partial charge in [0.15, 0.2) is 0 Å². The Balaban J connectivity index is 1.94. The van der Waals surface area contributed by atoms with Crippen molar-refractivity contribution in [3.05, 3.63) is 95.2 Å². The number of benzene rings is 2. The van der Waals surface area contributed by atoms with Crippen LogP contribution in [0, 0.1) is 11.8 Å². The number of nitrogens with zero attached hydrogens (tertiary/aromatic N) is 1. The first-order valence-electron chi connectivity index (χ1n) is 10.1. The van der Waals surface area contributed by atoms with Gasteiger partial charge in [-0.05, 0) is 42.2 Å². The fourth-order valence-corrected chi connectivity index (χ4v) is 4.00. The summed E-state index contributed by atoms with van der Waals surface area (Å²) in [5.41, 5.74) is 11.9. The van der Waals surface area contributed by atoms with Crippen molar-refractivity contribution in [1.82, 2.24) is 5.32 Å². The van der Waals surface area contributed by atoms with Gasteiger partial charge in [0.25, 0.3) is 0 Å². The van der Waals surface area contributed by atoms with Gasteiger partial charge in [0.2, 0.25) is 0 Å². The van der Waals surface area contributed by atoms with E-state index in [1.807, 2.05) is 19.2 Å². The molecule has 1 aliphatic rings. The van der Waals surface area contributed by atoms with Crippen LogP contribution in [0.2, 0.25) is 0 Å². The van der Waals surface area contributed by atoms with Gasteiger partial charge in [-0.15, -0.1) is 0 Å². The van der Waals surface area contributed by atoms with Crippen molar-refractivity contribution in [2.45, 2.75) is 32.9 Å². The van der Waals surface area contributed by atoms with Gasteiger partial charge in [-0.3, -0.25) is 4.99 Å². The summed E-state index contributed by atoms with van der Waals surface area (Å²) in [6.07, 6.45) is 5.41. The van der Waals surface area contributed by atoms with Gasteiger partial charge in [-0.25, -0.2) is 0 Å². The third kappa shape index (κ3) is 4.99. The van der Waals surface area contributed by atoms with Crippen LogP contribution in [-0.2, 0) is 6.54 Å². The van der Waals surface area contributed by atoms with Crippen LogP contribution in [0.25, 0.3) is 0 Å². The van der Waals surface area contributed by atoms with E-state index in [2.05, 4.69) is 79.8 Å². The summed E-state index contributed by atoms with van der Waals surface area (Å²) in [7, 11) is 2.02. The molecule has 3 rings (SSSR count). The molecule has 3 N–H and O–H groups in total. The summed E-state index contributed by atoms with van der Waals surface area (Å²) >= 11 is 0. The molecule has 3 atom stereocenters. The fraction of sp³-hybridized carbons (Fsp3) is 0.320. The molecule has 0 fully saturated rings. The second-order valence-electron chi connectivity index (χ2n) is 7.68. The normalized spacial score (nSPS) is 19.5. The van der Waals surface area contributed by atoms with Crippen molar-refractivity contribution < 1.29 is 0 Å². The van der Waals surface area contributed by atoms with Gasteiger partial charge in [-0.2, -0.15) is 0 Å². The lowest BCUT2D eigenvalue weighted by Gasteiger charge is -2.29. The third-order valence-electron chi connectivity index (χ3n) is 5.33. The molecule has 2 unspecified atom stereocenters. The molecule has 1 aliphatic carbocycles. The number of likely N-dealkylation sites (N-methyl/N-ethyl adjacent to an activating group) is 1. The molecular formula is C25H31N3. The number of nitrogens with two attached hydrogens (primary N) is 1. The summed E-state index contributed by atoms with van der Waals surface area (Å²) in [4.78, 5) is 5.06. The predicted octanol–water partition coefficient (Wildman–Crippen LogP) is 4.71. The van der Waals surface area contributed by atoms with Gasteiger partial charge in [0.05, 0.1) is 6.54 Å². The van der Waals surface area contributed by atoms with Crippen LogP contribution >= 0.6 is 0 Å². The molecule has 3 heteroatoms. The fourth-order valence-electron chi connectivity index (χ4n) is 4.00. The Labute approximate surface area is 169 Å². The Morgan fingerprint density at radius 1 is 1.11 bits per heavy atom. The molecule has 0 spiro atoms. The SMILES string of the molecule is CNC(C1=C[C@@H](C)CC(N)=C1)C(C)C(=NCc1ccccc1)c1ccccc1. The smallest absolute Gasteiger partial charge is 0.0643 e. The van der Waals surface area contributed by atoms with Crippen molar-refractivity contribution in [3.8, 4) is 0 Å². The first-order chi connectivity index (χ1) is 13.6. The lowest BCUT2D eigenvalue weighted by Crippen LogP contribution is -2.39. The quantitative estimate of drug-likeness (QED) is 0.691. The molecule has 28 heavy (non-hydrogen) atoms. The Hall–Kier alpha value is -2.65. The Morgan fingerprint density at radius 2 is 1.75 bits per heavy atom. The lowest BCUT2D eigenvalue weighted by molar-refractivity contribution is 0.537. The molecule has 0 saturated heterocycles. The van der Waals surface area contributed by atoms with E-state index in [0.717, 1.165) is 17.8 Å². The van der Waals surface area contributed by atoms with Crippen LogP contribution in [-0.4, -0.2) is 18.8 Å². The van der Waals surface area contributed by atoms with E-state index in [0.29, 0.717) is 12.5 Å². The molecule has 0 radical (unpaired) electrons. The van der Waals surface area contributed by atoms with Gasteiger partial charge < -0.3 is 11.1 Å². The molecular weight excluding hydrogens is 342 g/mol. The molecule has 0 saturated carbocycles. The summed E-state index contributed by atoms with van der Waals surface area (Å²) in [6.45, 7) is 5.15. The molecule has 0 aromatic heterocycles.